The van der Waals surface area contributed by atoms with Gasteiger partial charge in [0, 0.05) is 29.0 Å². The van der Waals surface area contributed by atoms with Crippen molar-refractivity contribution in [2.75, 3.05) is 25.3 Å². The topological polar surface area (TPSA) is 161 Å². The fraction of sp³-hybridized carbons (Fsp3) is 0.179. The smallest absolute Gasteiger partial charge is 0.325 e. The van der Waals surface area contributed by atoms with Gasteiger partial charge >= 0.3 is 11.9 Å². The molecule has 3 aromatic rings. The number of amides is 1. The molecule has 4 heterocycles. The summed E-state index contributed by atoms with van der Waals surface area (Å²) in [4.78, 5) is 53.0. The van der Waals surface area contributed by atoms with E-state index >= 15 is 0 Å². The highest BCUT2D eigenvalue weighted by molar-refractivity contribution is 8.30. The lowest BCUT2D eigenvalue weighted by atomic mass is 10.1. The third-order valence-corrected chi connectivity index (χ3v) is 9.11. The number of carboxylic acids is 1. The molecular weight excluding hydrogens is 635 g/mol. The van der Waals surface area contributed by atoms with Crippen molar-refractivity contribution in [1.29, 1.82) is 0 Å². The second kappa shape index (κ2) is 11.9. The number of carboxylic acid groups (broad SMARTS) is 1. The average molecular weight is 656 g/mol. The highest BCUT2D eigenvalue weighted by Crippen LogP contribution is 2.51. The molecule has 13 nitrogen and oxygen atoms in total. The number of hydrogen-bond donors (Lipinski definition) is 2. The van der Waals surface area contributed by atoms with E-state index in [4.69, 9.17) is 30.8 Å². The first kappa shape index (κ1) is 29.6. The van der Waals surface area contributed by atoms with Crippen LogP contribution in [0.15, 0.2) is 67.7 Å². The number of anilines is 1. The van der Waals surface area contributed by atoms with Crippen LogP contribution >= 0.6 is 35.7 Å². The number of fused-ring (bicyclic) bond motifs is 2. The summed E-state index contributed by atoms with van der Waals surface area (Å²) < 4.78 is 22.6. The summed E-state index contributed by atoms with van der Waals surface area (Å²) >= 11 is 6.98. The first-order chi connectivity index (χ1) is 21.1. The summed E-state index contributed by atoms with van der Waals surface area (Å²) in [5.74, 6) is -1.78. The molecule has 1 fully saturated rings. The highest BCUT2D eigenvalue weighted by Gasteiger charge is 2.35. The number of rotatable bonds is 7. The van der Waals surface area contributed by atoms with E-state index in [1.54, 1.807) is 23.1 Å². The third kappa shape index (κ3) is 5.47. The number of benzene rings is 2. The monoisotopic (exact) mass is 655 g/mol. The minimum Gasteiger partial charge on any atom is -0.480 e. The summed E-state index contributed by atoms with van der Waals surface area (Å²) in [6.07, 6.45) is 1.83. The summed E-state index contributed by atoms with van der Waals surface area (Å²) in [5, 5.41) is 20.3. The molecular formula is C28H21N3O10S3. The van der Waals surface area contributed by atoms with Crippen LogP contribution in [0.3, 0.4) is 0 Å². The van der Waals surface area contributed by atoms with Gasteiger partial charge in [0.05, 0.1) is 17.8 Å². The molecule has 44 heavy (non-hydrogen) atoms. The van der Waals surface area contributed by atoms with Gasteiger partial charge < -0.3 is 28.6 Å². The highest BCUT2D eigenvalue weighted by atomic mass is 32.2. The van der Waals surface area contributed by atoms with Gasteiger partial charge in [-0.3, -0.25) is 29.0 Å². The number of carbonyl (C=O) groups excluding carboxylic acids is 2. The fourth-order valence-corrected chi connectivity index (χ4v) is 6.90. The maximum atomic E-state index is 13.8. The van der Waals surface area contributed by atoms with Crippen molar-refractivity contribution in [2.45, 2.75) is 17.9 Å². The van der Waals surface area contributed by atoms with Crippen molar-refractivity contribution in [3.05, 3.63) is 80.4 Å². The quantitative estimate of drug-likeness (QED) is 0.215. The molecule has 16 heteroatoms. The van der Waals surface area contributed by atoms with E-state index < -0.39 is 29.9 Å². The molecule has 0 unspecified atom stereocenters. The summed E-state index contributed by atoms with van der Waals surface area (Å²) in [6, 6.07) is 12.7. The standard InChI is InChI=1S/C28H21N3O10S3/c1-38-22(34)12-29-16-9-17-18(40-13-39-17)10-19(16)43-20(29)8-15(7-14-5-3-2-4-6-14)23-25(35)30(11-21(32)33)27(41-23)24-26(36)31(37)28(42)44-24/h2-6,8-10,37H,7,11-13H2,1H3,(H,32,33)/b20-8-,23-15+,27-24-. The molecule has 1 amide bonds. The van der Waals surface area contributed by atoms with Crippen molar-refractivity contribution >= 4 is 74.1 Å². The lowest BCUT2D eigenvalue weighted by Gasteiger charge is -2.19. The average Bonchev–Trinajstić information content (AvgIpc) is 3.74. The zero-order valence-corrected chi connectivity index (χ0v) is 25.1. The van der Waals surface area contributed by atoms with Crippen LogP contribution in [-0.2, 0) is 32.1 Å². The lowest BCUT2D eigenvalue weighted by molar-refractivity contribution is -0.141. The Morgan fingerprint density at radius 2 is 1.82 bits per heavy atom. The maximum Gasteiger partial charge on any atom is 0.325 e. The lowest BCUT2D eigenvalue weighted by Crippen LogP contribution is -2.36. The van der Waals surface area contributed by atoms with Crippen molar-refractivity contribution < 1.29 is 43.3 Å². The maximum absolute atomic E-state index is 13.8. The van der Waals surface area contributed by atoms with Crippen LogP contribution in [0.4, 0.5) is 5.69 Å². The van der Waals surface area contributed by atoms with Gasteiger partial charge in [-0.05, 0) is 35.6 Å². The number of ether oxygens (including phenoxy) is 3. The molecule has 0 atom stereocenters. The number of thioether (sulfide) groups is 2. The van der Waals surface area contributed by atoms with Gasteiger partial charge in [0.2, 0.25) is 12.3 Å². The van der Waals surface area contributed by atoms with Gasteiger partial charge in [0.25, 0.3) is 11.5 Å². The Bertz CT molecular complexity index is 1950. The Morgan fingerprint density at radius 3 is 2.48 bits per heavy atom. The van der Waals surface area contributed by atoms with E-state index in [9.17, 15) is 29.5 Å². The molecule has 3 aliphatic rings. The first-order valence-corrected chi connectivity index (χ1v) is 14.8. The molecule has 2 aromatic carbocycles. The summed E-state index contributed by atoms with van der Waals surface area (Å²) in [6.45, 7) is -0.914. The molecule has 0 aliphatic carbocycles. The molecule has 0 bridgehead atoms. The number of hydroxylamine groups is 2. The van der Waals surface area contributed by atoms with Crippen LogP contribution in [0.25, 0.3) is 10.5 Å². The van der Waals surface area contributed by atoms with Crippen molar-refractivity contribution in [2.24, 2.45) is 0 Å². The Labute approximate surface area is 261 Å². The van der Waals surface area contributed by atoms with Crippen LogP contribution in [0.1, 0.15) is 5.56 Å². The third-order valence-electron chi connectivity index (χ3n) is 6.69. The number of methoxy groups -OCH3 is 1. The van der Waals surface area contributed by atoms with E-state index in [1.807, 2.05) is 30.3 Å². The molecule has 1 aromatic heterocycles. The Morgan fingerprint density at radius 1 is 1.09 bits per heavy atom. The summed E-state index contributed by atoms with van der Waals surface area (Å²) in [7, 11) is 1.27. The van der Waals surface area contributed by atoms with Crippen LogP contribution in [0, 0.1) is 0 Å². The van der Waals surface area contributed by atoms with Gasteiger partial charge in [-0.25, -0.2) is 0 Å². The van der Waals surface area contributed by atoms with Crippen LogP contribution in [0.5, 0.6) is 11.5 Å². The molecule has 226 valence electrons. The number of carbonyl (C=O) groups is 3. The van der Waals surface area contributed by atoms with Crippen molar-refractivity contribution in [3.63, 3.8) is 0 Å². The molecule has 2 N–H and O–H groups in total. The van der Waals surface area contributed by atoms with E-state index in [-0.39, 0.29) is 45.0 Å². The molecule has 0 spiro atoms. The zero-order valence-electron chi connectivity index (χ0n) is 22.7. The van der Waals surface area contributed by atoms with E-state index in [0.29, 0.717) is 39.6 Å². The van der Waals surface area contributed by atoms with Gasteiger partial charge in [-0.1, -0.05) is 42.1 Å². The number of hydrogen-bond acceptors (Lipinski definition) is 13. The first-order valence-electron chi connectivity index (χ1n) is 12.8. The Hall–Kier alpha value is -4.51. The van der Waals surface area contributed by atoms with Gasteiger partial charge in [0.1, 0.15) is 18.0 Å². The number of aliphatic carboxylic acids is 1. The fourth-order valence-electron chi connectivity index (χ4n) is 4.67. The molecule has 0 radical (unpaired) electrons. The van der Waals surface area contributed by atoms with Crippen LogP contribution < -0.4 is 30.9 Å². The second-order valence-corrected chi connectivity index (χ2v) is 12.1. The number of oxazole rings is 1. The van der Waals surface area contributed by atoms with Gasteiger partial charge in [-0.2, -0.15) is 5.06 Å². The molecule has 3 aliphatic heterocycles. The Kier molecular flexibility index (Phi) is 7.98. The van der Waals surface area contributed by atoms with Crippen LogP contribution in [0.2, 0.25) is 0 Å². The minimum absolute atomic E-state index is 0.0690. The Balaban J connectivity index is 1.59. The normalized spacial score (nSPS) is 18.3. The molecule has 1 saturated heterocycles. The van der Waals surface area contributed by atoms with Crippen LogP contribution in [-0.4, -0.2) is 62.6 Å². The SMILES string of the molecule is COC(=O)CN1/C(=C/C(Cc2ccccc2)=c2/o/c(=C3\SC(=S)N(O)C3=O)n(CC(=O)O)c2=O)Sc2cc3c(cc21)OCO3. The summed E-state index contributed by atoms with van der Waals surface area (Å²) in [5.41, 5.74) is 0.377. The van der Waals surface area contributed by atoms with Crippen molar-refractivity contribution in [3.8, 4) is 11.5 Å². The van der Waals surface area contributed by atoms with E-state index in [0.717, 1.165) is 15.0 Å². The van der Waals surface area contributed by atoms with E-state index in [2.05, 4.69) is 0 Å². The largest absolute Gasteiger partial charge is 0.480 e. The van der Waals surface area contributed by atoms with Crippen molar-refractivity contribution in [1.82, 2.24) is 9.63 Å². The predicted octanol–water partition coefficient (Wildman–Crippen LogP) is 1.63. The minimum atomic E-state index is -1.35. The van der Waals surface area contributed by atoms with Gasteiger partial charge in [-0.15, -0.1) is 0 Å². The molecule has 0 saturated carbocycles. The van der Waals surface area contributed by atoms with E-state index in [1.165, 1.54) is 18.9 Å². The number of nitrogens with zero attached hydrogens (tertiary/aromatic N) is 3. The molecule has 6 rings (SSSR count). The number of thiocarbonyl (C=S) groups is 1. The predicted molar refractivity (Wildman–Crippen MR) is 162 cm³/mol. The second-order valence-electron chi connectivity index (χ2n) is 9.44. The number of aromatic nitrogens is 1. The van der Waals surface area contributed by atoms with Gasteiger partial charge in [0.15, 0.2) is 21.2 Å². The number of esters is 1. The number of allylic oxidation sites excluding steroid dienone is 1. The zero-order chi connectivity index (χ0) is 31.1.